The van der Waals surface area contributed by atoms with Crippen molar-refractivity contribution in [2.24, 2.45) is 0 Å². The minimum Gasteiger partial charge on any atom is -0.744 e. The van der Waals surface area contributed by atoms with Crippen LogP contribution >= 0.6 is 0 Å². The van der Waals surface area contributed by atoms with Crippen LogP contribution in [0.5, 0.6) is 11.5 Å². The van der Waals surface area contributed by atoms with Gasteiger partial charge in [-0.2, -0.15) is 0 Å². The summed E-state index contributed by atoms with van der Waals surface area (Å²) in [5, 5.41) is 18.7. The van der Waals surface area contributed by atoms with Crippen LogP contribution in [-0.2, 0) is 20.2 Å². The van der Waals surface area contributed by atoms with E-state index in [-0.39, 0.29) is 23.1 Å². The molecule has 2 aromatic rings. The Morgan fingerprint density at radius 1 is 0.727 bits per heavy atom. The number of rotatable bonds is 2. The maximum atomic E-state index is 10.9. The summed E-state index contributed by atoms with van der Waals surface area (Å²) in [4.78, 5) is -1.63. The maximum Gasteiger partial charge on any atom is 0.128 e. The Hall–Kier alpha value is -1.96. The third-order valence-corrected chi connectivity index (χ3v) is 4.16. The average Bonchev–Trinajstić information content (AvgIpc) is 2.25. The number of fused-ring (bicyclic) bond motifs is 1. The first-order chi connectivity index (χ1) is 9.00. The average molecular weight is 354 g/mol. The molecule has 0 aliphatic rings. The zero-order valence-corrected chi connectivity index (χ0v) is 13.1. The van der Waals surface area contributed by atoms with E-state index in [1.54, 1.807) is 0 Å². The van der Waals surface area contributed by atoms with Crippen molar-refractivity contribution in [2.45, 2.75) is 9.79 Å². The summed E-state index contributed by atoms with van der Waals surface area (Å²) in [5.74, 6) is -1.46. The van der Waals surface area contributed by atoms with Gasteiger partial charge in [0.1, 0.15) is 31.7 Å². The summed E-state index contributed by atoms with van der Waals surface area (Å²) in [7, 11) is -9.79. The zero-order chi connectivity index (χ0) is 15.3. The van der Waals surface area contributed by atoms with Crippen molar-refractivity contribution in [1.82, 2.24) is 12.3 Å². The molecule has 0 atom stereocenters. The molecule has 0 fully saturated rings. The Labute approximate surface area is 125 Å². The van der Waals surface area contributed by atoms with Crippen molar-refractivity contribution in [3.63, 3.8) is 0 Å². The smallest absolute Gasteiger partial charge is 0.128 e. The van der Waals surface area contributed by atoms with Gasteiger partial charge in [-0.15, -0.1) is 0 Å². The molecule has 2 aromatic carbocycles. The van der Waals surface area contributed by atoms with Gasteiger partial charge in [0.05, 0.1) is 15.2 Å². The fourth-order valence-electron chi connectivity index (χ4n) is 1.71. The summed E-state index contributed by atoms with van der Waals surface area (Å²) in [6, 6.07) is 2.75. The quantitative estimate of drug-likeness (QED) is 0.562. The Bertz CT molecular complexity index is 849. The van der Waals surface area contributed by atoms with Gasteiger partial charge >= 0.3 is 0 Å². The van der Waals surface area contributed by atoms with Gasteiger partial charge in [-0.1, -0.05) is 0 Å². The number of aromatic hydroxyl groups is 2. The molecule has 0 aromatic heterocycles. The first-order valence-corrected chi connectivity index (χ1v) is 7.73. The third-order valence-electron chi connectivity index (χ3n) is 2.53. The van der Waals surface area contributed by atoms with E-state index in [0.717, 1.165) is 12.1 Å². The van der Waals surface area contributed by atoms with E-state index in [1.807, 2.05) is 0 Å². The summed E-state index contributed by atoms with van der Waals surface area (Å²) >= 11 is 0. The molecule has 10 nitrogen and oxygen atoms in total. The van der Waals surface area contributed by atoms with Gasteiger partial charge in [0.25, 0.3) is 0 Å². The normalized spacial score (nSPS) is 11.5. The highest BCUT2D eigenvalue weighted by Crippen LogP contribution is 2.36. The maximum absolute atomic E-state index is 10.9. The summed E-state index contributed by atoms with van der Waals surface area (Å²) in [5.41, 5.74) is 0. The monoisotopic (exact) mass is 354 g/mol. The molecule has 0 unspecified atom stereocenters. The third kappa shape index (κ3) is 3.62. The molecule has 0 heterocycles. The van der Waals surface area contributed by atoms with Crippen LogP contribution in [-0.4, -0.2) is 36.2 Å². The van der Waals surface area contributed by atoms with E-state index in [4.69, 9.17) is 0 Å². The molecule has 124 valence electrons. The predicted octanol–water partition coefficient (Wildman–Crippen LogP) is 0.812. The second kappa shape index (κ2) is 6.04. The molecule has 12 heteroatoms. The van der Waals surface area contributed by atoms with Crippen molar-refractivity contribution < 1.29 is 36.2 Å². The standard InChI is InChI=1S/C10H8O8S2.2H3N/c11-8-3-6(19(13,14)15)1-5-2-7(20(16,17)18)4-9(12)10(5)8;;/h1-4,11-12H,(H,13,14,15)(H,16,17,18);2*1H3. The van der Waals surface area contributed by atoms with Crippen molar-refractivity contribution >= 4 is 31.0 Å². The molecular weight excluding hydrogens is 340 g/mol. The second-order valence-corrected chi connectivity index (χ2v) is 6.65. The van der Waals surface area contributed by atoms with Gasteiger partial charge in [-0.3, -0.25) is 0 Å². The molecule has 0 spiro atoms. The van der Waals surface area contributed by atoms with Crippen LogP contribution in [0.4, 0.5) is 0 Å². The number of hydrogen-bond donors (Lipinski definition) is 4. The fraction of sp³-hybridized carbons (Fsp3) is 0. The highest BCUT2D eigenvalue weighted by atomic mass is 32.2. The lowest BCUT2D eigenvalue weighted by molar-refractivity contribution is 0.451. The van der Waals surface area contributed by atoms with Crippen molar-refractivity contribution in [1.29, 1.82) is 0 Å². The van der Waals surface area contributed by atoms with Gasteiger partial charge in [0, 0.05) is 0 Å². The van der Waals surface area contributed by atoms with Gasteiger partial charge in [-0.05, 0) is 29.7 Å². The van der Waals surface area contributed by atoms with Crippen LogP contribution < -0.4 is 12.3 Å². The summed E-state index contributed by atoms with van der Waals surface area (Å²) < 4.78 is 65.3. The Morgan fingerprint density at radius 2 is 1.05 bits per heavy atom. The molecular formula is C10H14N2O8S2. The molecule has 22 heavy (non-hydrogen) atoms. The molecule has 0 aliphatic carbocycles. The number of quaternary nitrogens is 2. The Morgan fingerprint density at radius 3 is 1.32 bits per heavy atom. The molecule has 0 bridgehead atoms. The van der Waals surface area contributed by atoms with E-state index in [0.29, 0.717) is 12.1 Å². The molecule has 0 saturated carbocycles. The Balaban J connectivity index is 0.00000220. The van der Waals surface area contributed by atoms with Crippen LogP contribution in [0.2, 0.25) is 0 Å². The molecule has 0 radical (unpaired) electrons. The van der Waals surface area contributed by atoms with Crippen molar-refractivity contribution in [3.8, 4) is 11.5 Å². The SMILES string of the molecule is O=S(=O)([O-])c1cc(O)c2c(O)cc(S(=O)(=O)[O-])cc2c1.[NH4+].[NH4+]. The molecule has 0 aliphatic heterocycles. The lowest BCUT2D eigenvalue weighted by Gasteiger charge is -2.13. The highest BCUT2D eigenvalue weighted by Gasteiger charge is 2.14. The minimum absolute atomic E-state index is 0. The van der Waals surface area contributed by atoms with E-state index in [9.17, 15) is 36.2 Å². The van der Waals surface area contributed by atoms with E-state index < -0.39 is 41.5 Å². The lowest BCUT2D eigenvalue weighted by atomic mass is 10.1. The zero-order valence-electron chi connectivity index (χ0n) is 11.5. The fourth-order valence-corrected chi connectivity index (χ4v) is 2.76. The largest absolute Gasteiger partial charge is 0.744 e. The summed E-state index contributed by atoms with van der Waals surface area (Å²) in [6.07, 6.45) is 0. The van der Waals surface area contributed by atoms with Gasteiger partial charge in [0.15, 0.2) is 0 Å². The predicted molar refractivity (Wildman–Crippen MR) is 75.2 cm³/mol. The lowest BCUT2D eigenvalue weighted by Crippen LogP contribution is -2.00. The topological polar surface area (TPSA) is 228 Å². The van der Waals surface area contributed by atoms with E-state index in [2.05, 4.69) is 0 Å². The van der Waals surface area contributed by atoms with Gasteiger partial charge < -0.3 is 31.6 Å². The van der Waals surface area contributed by atoms with Crippen LogP contribution in [0, 0.1) is 0 Å². The van der Waals surface area contributed by atoms with Crippen LogP contribution in [0.3, 0.4) is 0 Å². The highest BCUT2D eigenvalue weighted by molar-refractivity contribution is 7.86. The first-order valence-electron chi connectivity index (χ1n) is 4.91. The molecule has 0 saturated heterocycles. The Kier molecular flexibility index (Phi) is 5.50. The van der Waals surface area contributed by atoms with Crippen LogP contribution in [0.15, 0.2) is 34.1 Å². The number of benzene rings is 2. The molecule has 2 rings (SSSR count). The minimum atomic E-state index is -4.90. The second-order valence-electron chi connectivity index (χ2n) is 3.89. The molecule has 10 N–H and O–H groups in total. The van der Waals surface area contributed by atoms with Gasteiger partial charge in [0.2, 0.25) is 0 Å². The first kappa shape index (κ1) is 20.0. The van der Waals surface area contributed by atoms with Gasteiger partial charge in [-0.25, -0.2) is 16.8 Å². The van der Waals surface area contributed by atoms with Crippen molar-refractivity contribution in [2.75, 3.05) is 0 Å². The summed E-state index contributed by atoms with van der Waals surface area (Å²) in [6.45, 7) is 0. The van der Waals surface area contributed by atoms with Crippen LogP contribution in [0.1, 0.15) is 0 Å². The van der Waals surface area contributed by atoms with Crippen LogP contribution in [0.25, 0.3) is 10.8 Å². The van der Waals surface area contributed by atoms with Crippen molar-refractivity contribution in [3.05, 3.63) is 24.3 Å². The van der Waals surface area contributed by atoms with E-state index >= 15 is 0 Å². The van der Waals surface area contributed by atoms with E-state index in [1.165, 1.54) is 0 Å². The molecule has 0 amide bonds. The number of phenolic OH excluding ortho intramolecular Hbond substituents is 2. The number of hydrogen-bond acceptors (Lipinski definition) is 8. The number of phenols is 2.